The topological polar surface area (TPSA) is 26.3 Å². The minimum atomic E-state index is -0.0981. The Hall–Kier alpha value is -1.28. The van der Waals surface area contributed by atoms with Gasteiger partial charge in [-0.1, -0.05) is 37.1 Å². The summed E-state index contributed by atoms with van der Waals surface area (Å²) >= 11 is 5.78. The summed E-state index contributed by atoms with van der Waals surface area (Å²) in [6, 6.07) is 6.85. The highest BCUT2D eigenvalue weighted by molar-refractivity contribution is 6.31. The first kappa shape index (κ1) is 12.8. The van der Waals surface area contributed by atoms with Crippen LogP contribution in [0.15, 0.2) is 36.6 Å². The van der Waals surface area contributed by atoms with Crippen LogP contribution in [0.2, 0.25) is 5.02 Å². The van der Waals surface area contributed by atoms with Crippen molar-refractivity contribution in [2.75, 3.05) is 6.61 Å². The van der Waals surface area contributed by atoms with Crippen molar-refractivity contribution in [3.63, 3.8) is 0 Å². The first-order valence-electron chi connectivity index (χ1n) is 5.32. The van der Waals surface area contributed by atoms with Crippen LogP contribution in [0.5, 0.6) is 0 Å². The summed E-state index contributed by atoms with van der Waals surface area (Å²) in [5, 5.41) is 0.561. The van der Waals surface area contributed by atoms with Crippen LogP contribution in [-0.4, -0.2) is 12.4 Å². The van der Waals surface area contributed by atoms with Gasteiger partial charge in [-0.25, -0.2) is 0 Å². The van der Waals surface area contributed by atoms with Crippen LogP contribution in [0.3, 0.4) is 0 Å². The number of ether oxygens (including phenoxy) is 1. The number of carbonyl (C=O) groups excluding carboxylic acids is 1. The van der Waals surface area contributed by atoms with Gasteiger partial charge in [-0.05, 0) is 18.6 Å². The first-order chi connectivity index (χ1) is 7.74. The molecule has 0 saturated heterocycles. The molecule has 1 aromatic rings. The lowest BCUT2D eigenvalue weighted by Gasteiger charge is -1.98. The molecular weight excluding hydrogens is 224 g/mol. The molecule has 0 radical (unpaired) electrons. The molecular formula is C13H15ClO2. The molecule has 0 fully saturated rings. The number of benzene rings is 1. The number of unbranched alkanes of at least 4 members (excludes halogenated alkanes) is 1. The van der Waals surface area contributed by atoms with Crippen molar-refractivity contribution < 1.29 is 9.53 Å². The van der Waals surface area contributed by atoms with Gasteiger partial charge >= 0.3 is 0 Å². The quantitative estimate of drug-likeness (QED) is 0.326. The molecule has 0 bridgehead atoms. The van der Waals surface area contributed by atoms with E-state index in [9.17, 15) is 4.79 Å². The van der Waals surface area contributed by atoms with Crippen LogP contribution in [0, 0.1) is 0 Å². The zero-order valence-electron chi connectivity index (χ0n) is 9.28. The lowest BCUT2D eigenvalue weighted by molar-refractivity contribution is 0.104. The average Bonchev–Trinajstić information content (AvgIpc) is 2.28. The monoisotopic (exact) mass is 238 g/mol. The van der Waals surface area contributed by atoms with Gasteiger partial charge in [0.15, 0.2) is 5.78 Å². The summed E-state index contributed by atoms with van der Waals surface area (Å²) < 4.78 is 5.16. The molecule has 0 spiro atoms. The van der Waals surface area contributed by atoms with E-state index in [1.165, 1.54) is 12.3 Å². The number of ketones is 1. The highest BCUT2D eigenvalue weighted by Crippen LogP contribution is 2.11. The molecule has 0 saturated carbocycles. The van der Waals surface area contributed by atoms with E-state index in [4.69, 9.17) is 16.3 Å². The van der Waals surface area contributed by atoms with Crippen LogP contribution < -0.4 is 0 Å². The van der Waals surface area contributed by atoms with Gasteiger partial charge in [0.05, 0.1) is 12.9 Å². The van der Waals surface area contributed by atoms with Crippen LogP contribution in [0.4, 0.5) is 0 Å². The van der Waals surface area contributed by atoms with E-state index in [1.54, 1.807) is 24.3 Å². The number of hydrogen-bond acceptors (Lipinski definition) is 2. The minimum Gasteiger partial charge on any atom is -0.501 e. The summed E-state index contributed by atoms with van der Waals surface area (Å²) in [5.74, 6) is -0.0981. The molecule has 0 atom stereocenters. The third-order valence-electron chi connectivity index (χ3n) is 2.04. The third-order valence-corrected chi connectivity index (χ3v) is 2.28. The normalized spacial score (nSPS) is 10.6. The second-order valence-corrected chi connectivity index (χ2v) is 3.84. The standard InChI is InChI=1S/C13H15ClO2/c1-2-3-8-16-9-7-13(15)11-5-4-6-12(14)10-11/h4-7,9-10H,2-3,8H2,1H3/b9-7+. The van der Waals surface area contributed by atoms with E-state index in [1.807, 2.05) is 0 Å². The number of rotatable bonds is 6. The van der Waals surface area contributed by atoms with E-state index in [2.05, 4.69) is 6.92 Å². The van der Waals surface area contributed by atoms with Crippen molar-refractivity contribution in [3.8, 4) is 0 Å². The lowest BCUT2D eigenvalue weighted by atomic mass is 10.1. The Bertz CT molecular complexity index is 372. The molecule has 0 unspecified atom stereocenters. The highest BCUT2D eigenvalue weighted by atomic mass is 35.5. The van der Waals surface area contributed by atoms with Crippen LogP contribution in [0.25, 0.3) is 0 Å². The maximum atomic E-state index is 11.6. The van der Waals surface area contributed by atoms with E-state index in [0.717, 1.165) is 12.8 Å². The largest absolute Gasteiger partial charge is 0.501 e. The van der Waals surface area contributed by atoms with Gasteiger partial charge in [-0.3, -0.25) is 4.79 Å². The predicted molar refractivity (Wildman–Crippen MR) is 65.8 cm³/mol. The predicted octanol–water partition coefficient (Wildman–Crippen LogP) is 3.85. The average molecular weight is 239 g/mol. The van der Waals surface area contributed by atoms with E-state index < -0.39 is 0 Å². The number of halogens is 1. The molecule has 3 heteroatoms. The Labute approximate surface area is 101 Å². The zero-order chi connectivity index (χ0) is 11.8. The van der Waals surface area contributed by atoms with Gasteiger partial charge in [0.1, 0.15) is 0 Å². The minimum absolute atomic E-state index is 0.0981. The van der Waals surface area contributed by atoms with Gasteiger partial charge < -0.3 is 4.74 Å². The van der Waals surface area contributed by atoms with Gasteiger partial charge in [0, 0.05) is 16.7 Å². The van der Waals surface area contributed by atoms with E-state index in [0.29, 0.717) is 17.2 Å². The van der Waals surface area contributed by atoms with Crippen molar-refractivity contribution in [1.29, 1.82) is 0 Å². The van der Waals surface area contributed by atoms with Crippen molar-refractivity contribution >= 4 is 17.4 Å². The van der Waals surface area contributed by atoms with Crippen LogP contribution in [0.1, 0.15) is 30.1 Å². The Morgan fingerprint density at radius 2 is 2.31 bits per heavy atom. The van der Waals surface area contributed by atoms with Crippen LogP contribution in [-0.2, 0) is 4.74 Å². The maximum Gasteiger partial charge on any atom is 0.188 e. The third kappa shape index (κ3) is 4.49. The fourth-order valence-corrected chi connectivity index (χ4v) is 1.33. The van der Waals surface area contributed by atoms with Gasteiger partial charge in [-0.15, -0.1) is 0 Å². The Balaban J connectivity index is 2.46. The summed E-state index contributed by atoms with van der Waals surface area (Å²) in [4.78, 5) is 11.6. The molecule has 0 aliphatic rings. The molecule has 0 heterocycles. The summed E-state index contributed by atoms with van der Waals surface area (Å²) in [6.45, 7) is 2.74. The molecule has 1 rings (SSSR count). The van der Waals surface area contributed by atoms with Crippen molar-refractivity contribution in [2.45, 2.75) is 19.8 Å². The van der Waals surface area contributed by atoms with Gasteiger partial charge in [0.2, 0.25) is 0 Å². The van der Waals surface area contributed by atoms with Gasteiger partial charge in [0.25, 0.3) is 0 Å². The Kier molecular flexibility index (Phi) is 5.65. The second kappa shape index (κ2) is 7.07. The second-order valence-electron chi connectivity index (χ2n) is 3.40. The molecule has 86 valence electrons. The summed E-state index contributed by atoms with van der Waals surface area (Å²) in [5.41, 5.74) is 0.572. The fraction of sp³-hybridized carbons (Fsp3) is 0.308. The molecule has 16 heavy (non-hydrogen) atoms. The summed E-state index contributed by atoms with van der Waals surface area (Å²) in [6.07, 6.45) is 4.94. The molecule has 2 nitrogen and oxygen atoms in total. The van der Waals surface area contributed by atoms with Crippen LogP contribution >= 0.6 is 11.6 Å². The number of hydrogen-bond donors (Lipinski definition) is 0. The maximum absolute atomic E-state index is 11.6. The highest BCUT2D eigenvalue weighted by Gasteiger charge is 2.01. The Morgan fingerprint density at radius 3 is 3.00 bits per heavy atom. The first-order valence-corrected chi connectivity index (χ1v) is 5.70. The molecule has 0 aromatic heterocycles. The fourth-order valence-electron chi connectivity index (χ4n) is 1.14. The van der Waals surface area contributed by atoms with Crippen molar-refractivity contribution in [3.05, 3.63) is 47.2 Å². The summed E-state index contributed by atoms with van der Waals surface area (Å²) in [7, 11) is 0. The Morgan fingerprint density at radius 1 is 1.50 bits per heavy atom. The van der Waals surface area contributed by atoms with Gasteiger partial charge in [-0.2, -0.15) is 0 Å². The SMILES string of the molecule is CCCCO/C=C/C(=O)c1cccc(Cl)c1. The van der Waals surface area contributed by atoms with E-state index in [-0.39, 0.29) is 5.78 Å². The zero-order valence-corrected chi connectivity index (χ0v) is 10.0. The number of allylic oxidation sites excluding steroid dienone is 1. The van der Waals surface area contributed by atoms with Crippen molar-refractivity contribution in [1.82, 2.24) is 0 Å². The lowest BCUT2D eigenvalue weighted by Crippen LogP contribution is -1.94. The van der Waals surface area contributed by atoms with Crippen molar-refractivity contribution in [2.24, 2.45) is 0 Å². The van der Waals surface area contributed by atoms with E-state index >= 15 is 0 Å². The molecule has 0 N–H and O–H groups in total. The molecule has 1 aromatic carbocycles. The molecule has 0 aliphatic heterocycles. The number of carbonyl (C=O) groups is 1. The molecule has 0 aliphatic carbocycles. The smallest absolute Gasteiger partial charge is 0.188 e. The molecule has 0 amide bonds.